The third-order valence-electron chi connectivity index (χ3n) is 3.52. The molecular weight excluding hydrogens is 248 g/mol. The monoisotopic (exact) mass is 264 g/mol. The molecule has 0 atom stereocenters. The number of H-pyrrole nitrogens is 1. The standard InChI is InChI=1S/C13H16N2O2S/c16-18(17,11-6-2-3-7-11)15-13-9-10-5-1-4-8-12(10)14-13/h1,4-5,8-9,11,14-15H,2-3,6-7H2. The first-order valence-electron chi connectivity index (χ1n) is 6.24. The van der Waals surface area contributed by atoms with Crippen molar-refractivity contribution in [2.24, 2.45) is 0 Å². The Balaban J connectivity index is 1.87. The van der Waals surface area contributed by atoms with E-state index in [0.717, 1.165) is 36.6 Å². The second-order valence-corrected chi connectivity index (χ2v) is 6.78. The van der Waals surface area contributed by atoms with Crippen LogP contribution in [0.25, 0.3) is 10.9 Å². The van der Waals surface area contributed by atoms with Crippen LogP contribution >= 0.6 is 0 Å². The molecule has 4 nitrogen and oxygen atoms in total. The first kappa shape index (κ1) is 11.6. The van der Waals surface area contributed by atoms with E-state index in [1.807, 2.05) is 30.3 Å². The third-order valence-corrected chi connectivity index (χ3v) is 5.38. The normalized spacial score (nSPS) is 17.3. The van der Waals surface area contributed by atoms with Crippen LogP contribution in [0.15, 0.2) is 30.3 Å². The van der Waals surface area contributed by atoms with Gasteiger partial charge >= 0.3 is 0 Å². The van der Waals surface area contributed by atoms with Gasteiger partial charge in [-0.2, -0.15) is 0 Å². The van der Waals surface area contributed by atoms with Crippen LogP contribution in [0, 0.1) is 0 Å². The fraction of sp³-hybridized carbons (Fsp3) is 0.385. The highest BCUT2D eigenvalue weighted by Gasteiger charge is 2.28. The molecule has 18 heavy (non-hydrogen) atoms. The average molecular weight is 264 g/mol. The van der Waals surface area contributed by atoms with Crippen LogP contribution in [0.1, 0.15) is 25.7 Å². The highest BCUT2D eigenvalue weighted by atomic mass is 32.2. The summed E-state index contributed by atoms with van der Waals surface area (Å²) in [5.41, 5.74) is 0.946. The van der Waals surface area contributed by atoms with E-state index in [1.54, 1.807) is 0 Å². The first-order valence-corrected chi connectivity index (χ1v) is 7.79. The topological polar surface area (TPSA) is 62.0 Å². The van der Waals surface area contributed by atoms with Crippen molar-refractivity contribution in [3.63, 3.8) is 0 Å². The highest BCUT2D eigenvalue weighted by Crippen LogP contribution is 2.27. The Morgan fingerprint density at radius 2 is 1.89 bits per heavy atom. The van der Waals surface area contributed by atoms with Crippen molar-refractivity contribution in [1.82, 2.24) is 4.98 Å². The summed E-state index contributed by atoms with van der Waals surface area (Å²) >= 11 is 0. The number of aromatic nitrogens is 1. The number of nitrogens with one attached hydrogen (secondary N) is 2. The maximum absolute atomic E-state index is 12.1. The van der Waals surface area contributed by atoms with Gasteiger partial charge in [0.25, 0.3) is 0 Å². The lowest BCUT2D eigenvalue weighted by Gasteiger charge is -2.11. The predicted molar refractivity (Wildman–Crippen MR) is 73.1 cm³/mol. The number of anilines is 1. The maximum Gasteiger partial charge on any atom is 0.236 e. The number of fused-ring (bicyclic) bond motifs is 1. The molecule has 0 aliphatic heterocycles. The average Bonchev–Trinajstić information content (AvgIpc) is 2.96. The van der Waals surface area contributed by atoms with E-state index in [1.165, 1.54) is 0 Å². The van der Waals surface area contributed by atoms with Crippen LogP contribution in [0.5, 0.6) is 0 Å². The van der Waals surface area contributed by atoms with Crippen molar-refractivity contribution in [3.8, 4) is 0 Å². The van der Waals surface area contributed by atoms with Gasteiger partial charge in [-0.3, -0.25) is 4.72 Å². The smallest absolute Gasteiger partial charge is 0.236 e. The van der Waals surface area contributed by atoms with E-state index < -0.39 is 10.0 Å². The third kappa shape index (κ3) is 2.10. The number of rotatable bonds is 3. The summed E-state index contributed by atoms with van der Waals surface area (Å²) in [6.45, 7) is 0. The Bertz CT molecular complexity index is 621. The molecule has 3 rings (SSSR count). The van der Waals surface area contributed by atoms with Gasteiger partial charge in [0.2, 0.25) is 10.0 Å². The first-order chi connectivity index (χ1) is 8.65. The minimum atomic E-state index is -3.24. The molecule has 1 aromatic carbocycles. The van der Waals surface area contributed by atoms with Crippen LogP contribution in [-0.2, 0) is 10.0 Å². The molecule has 1 aromatic heterocycles. The fourth-order valence-electron chi connectivity index (χ4n) is 2.56. The van der Waals surface area contributed by atoms with Crippen LogP contribution in [0.3, 0.4) is 0 Å². The Hall–Kier alpha value is -1.49. The van der Waals surface area contributed by atoms with Gasteiger partial charge in [-0.15, -0.1) is 0 Å². The van der Waals surface area contributed by atoms with Gasteiger partial charge in [0.1, 0.15) is 5.82 Å². The van der Waals surface area contributed by atoms with Crippen molar-refractivity contribution in [1.29, 1.82) is 0 Å². The molecule has 2 N–H and O–H groups in total. The fourth-order valence-corrected chi connectivity index (χ4v) is 4.10. The quantitative estimate of drug-likeness (QED) is 0.895. The minimum absolute atomic E-state index is 0.232. The summed E-state index contributed by atoms with van der Waals surface area (Å²) in [6, 6.07) is 9.59. The summed E-state index contributed by atoms with van der Waals surface area (Å²) in [6.07, 6.45) is 3.57. The molecule has 1 aliphatic carbocycles. The number of benzene rings is 1. The molecule has 0 radical (unpaired) electrons. The molecule has 2 aromatic rings. The van der Waals surface area contributed by atoms with Crippen LogP contribution in [0.2, 0.25) is 0 Å². The van der Waals surface area contributed by atoms with Crippen LogP contribution < -0.4 is 4.72 Å². The van der Waals surface area contributed by atoms with Gasteiger partial charge in [0.05, 0.1) is 5.25 Å². The van der Waals surface area contributed by atoms with Crippen molar-refractivity contribution in [2.45, 2.75) is 30.9 Å². The Morgan fingerprint density at radius 1 is 1.17 bits per heavy atom. The SMILES string of the molecule is O=S(=O)(Nc1cc2ccccc2[nH]1)C1CCCC1. The lowest BCUT2D eigenvalue weighted by atomic mass is 10.3. The van der Waals surface area contributed by atoms with Gasteiger partial charge in [-0.1, -0.05) is 31.0 Å². The molecular formula is C13H16N2O2S. The van der Waals surface area contributed by atoms with Gasteiger partial charge in [0, 0.05) is 10.9 Å². The molecule has 0 bridgehead atoms. The van der Waals surface area contributed by atoms with Crippen molar-refractivity contribution in [2.75, 3.05) is 4.72 Å². The summed E-state index contributed by atoms with van der Waals surface area (Å²) in [5.74, 6) is 0.558. The molecule has 0 unspecified atom stereocenters. The van der Waals surface area contributed by atoms with Gasteiger partial charge < -0.3 is 4.98 Å². The molecule has 0 spiro atoms. The van der Waals surface area contributed by atoms with Crippen LogP contribution in [0.4, 0.5) is 5.82 Å². The van der Waals surface area contributed by atoms with E-state index in [4.69, 9.17) is 0 Å². The largest absolute Gasteiger partial charge is 0.341 e. The van der Waals surface area contributed by atoms with E-state index >= 15 is 0 Å². The lowest BCUT2D eigenvalue weighted by molar-refractivity contribution is 0.585. The van der Waals surface area contributed by atoms with Crippen molar-refractivity contribution < 1.29 is 8.42 Å². The van der Waals surface area contributed by atoms with Gasteiger partial charge in [0.15, 0.2) is 0 Å². The molecule has 1 saturated carbocycles. The predicted octanol–water partition coefficient (Wildman–Crippen LogP) is 2.85. The summed E-state index contributed by atoms with van der Waals surface area (Å²) in [4.78, 5) is 3.08. The zero-order valence-electron chi connectivity index (χ0n) is 10.0. The second kappa shape index (κ2) is 4.31. The zero-order valence-corrected chi connectivity index (χ0v) is 10.8. The van der Waals surface area contributed by atoms with E-state index in [-0.39, 0.29) is 5.25 Å². The number of sulfonamides is 1. The second-order valence-electron chi connectivity index (χ2n) is 4.82. The van der Waals surface area contributed by atoms with Gasteiger partial charge in [-0.05, 0) is 25.0 Å². The molecule has 0 amide bonds. The molecule has 1 heterocycles. The van der Waals surface area contributed by atoms with Crippen molar-refractivity contribution >= 4 is 26.7 Å². The maximum atomic E-state index is 12.1. The number of para-hydroxylation sites is 1. The molecule has 1 aliphatic rings. The lowest BCUT2D eigenvalue weighted by Crippen LogP contribution is -2.25. The Morgan fingerprint density at radius 3 is 2.61 bits per heavy atom. The van der Waals surface area contributed by atoms with E-state index in [9.17, 15) is 8.42 Å². The van der Waals surface area contributed by atoms with E-state index in [0.29, 0.717) is 5.82 Å². The Kier molecular flexibility index (Phi) is 2.78. The number of aromatic amines is 1. The number of hydrogen-bond acceptors (Lipinski definition) is 2. The highest BCUT2D eigenvalue weighted by molar-refractivity contribution is 7.93. The zero-order chi connectivity index (χ0) is 12.6. The summed E-state index contributed by atoms with van der Waals surface area (Å²) in [5, 5.41) is 0.783. The van der Waals surface area contributed by atoms with Crippen molar-refractivity contribution in [3.05, 3.63) is 30.3 Å². The number of hydrogen-bond donors (Lipinski definition) is 2. The molecule has 96 valence electrons. The summed E-state index contributed by atoms with van der Waals surface area (Å²) < 4.78 is 27.0. The van der Waals surface area contributed by atoms with Crippen LogP contribution in [-0.4, -0.2) is 18.7 Å². The van der Waals surface area contributed by atoms with Gasteiger partial charge in [-0.25, -0.2) is 8.42 Å². The minimum Gasteiger partial charge on any atom is -0.341 e. The molecule has 0 saturated heterocycles. The summed E-state index contributed by atoms with van der Waals surface area (Å²) in [7, 11) is -3.24. The molecule has 5 heteroatoms. The van der Waals surface area contributed by atoms with E-state index in [2.05, 4.69) is 9.71 Å². The Labute approximate surface area is 106 Å². The molecule has 1 fully saturated rings.